The van der Waals surface area contributed by atoms with Gasteiger partial charge in [-0.15, -0.1) is 0 Å². The van der Waals surface area contributed by atoms with Gasteiger partial charge in [0, 0.05) is 37.9 Å². The summed E-state index contributed by atoms with van der Waals surface area (Å²) in [4.78, 5) is 17.2. The first-order valence-electron chi connectivity index (χ1n) is 9.79. The monoisotopic (exact) mass is 431 g/mol. The summed E-state index contributed by atoms with van der Waals surface area (Å²) in [6.07, 6.45) is 0.270. The van der Waals surface area contributed by atoms with Crippen LogP contribution in [0.5, 0.6) is 11.5 Å². The van der Waals surface area contributed by atoms with Crippen LogP contribution in [0.2, 0.25) is 0 Å². The van der Waals surface area contributed by atoms with Crippen molar-refractivity contribution in [2.45, 2.75) is 17.4 Å². The number of methoxy groups -OCH3 is 2. The van der Waals surface area contributed by atoms with Crippen molar-refractivity contribution >= 4 is 21.6 Å². The first-order valence-corrected chi connectivity index (χ1v) is 11.3. The zero-order chi connectivity index (χ0) is 21.3. The molecule has 2 aliphatic rings. The van der Waals surface area contributed by atoms with E-state index in [0.29, 0.717) is 43.2 Å². The van der Waals surface area contributed by atoms with Crippen molar-refractivity contribution in [1.82, 2.24) is 9.62 Å². The third-order valence-electron chi connectivity index (χ3n) is 5.59. The summed E-state index contributed by atoms with van der Waals surface area (Å²) in [7, 11) is -0.882. The largest absolute Gasteiger partial charge is 0.493 e. The second-order valence-corrected chi connectivity index (χ2v) is 9.02. The number of anilines is 1. The second kappa shape index (κ2) is 8.16. The molecule has 0 aliphatic carbocycles. The van der Waals surface area contributed by atoms with E-state index in [1.165, 1.54) is 20.3 Å². The van der Waals surface area contributed by atoms with Crippen molar-refractivity contribution in [3.8, 4) is 11.5 Å². The number of rotatable bonds is 4. The maximum absolute atomic E-state index is 13.1. The van der Waals surface area contributed by atoms with Crippen molar-refractivity contribution in [2.75, 3.05) is 45.3 Å². The molecule has 1 saturated heterocycles. The number of carbonyl (C=O) groups is 1. The van der Waals surface area contributed by atoms with Crippen LogP contribution in [-0.2, 0) is 21.2 Å². The zero-order valence-corrected chi connectivity index (χ0v) is 17.8. The van der Waals surface area contributed by atoms with E-state index in [1.807, 2.05) is 30.3 Å². The molecule has 0 aromatic heterocycles. The zero-order valence-electron chi connectivity index (χ0n) is 17.0. The van der Waals surface area contributed by atoms with Crippen LogP contribution in [0.15, 0.2) is 47.4 Å². The molecule has 4 rings (SSSR count). The van der Waals surface area contributed by atoms with E-state index in [9.17, 15) is 13.2 Å². The predicted octanol–water partition coefficient (Wildman–Crippen LogP) is 1.26. The van der Waals surface area contributed by atoms with E-state index in [-0.39, 0.29) is 17.2 Å². The average molecular weight is 432 g/mol. The van der Waals surface area contributed by atoms with Crippen LogP contribution in [0.4, 0.5) is 5.69 Å². The van der Waals surface area contributed by atoms with Gasteiger partial charge in [-0.2, -0.15) is 4.72 Å². The summed E-state index contributed by atoms with van der Waals surface area (Å²) >= 11 is 0. The summed E-state index contributed by atoms with van der Waals surface area (Å²) in [6.45, 7) is 2.50. The van der Waals surface area contributed by atoms with Gasteiger partial charge in [0.2, 0.25) is 15.9 Å². The van der Waals surface area contributed by atoms with Gasteiger partial charge in [-0.1, -0.05) is 18.2 Å². The minimum Gasteiger partial charge on any atom is -0.493 e. The molecule has 1 atom stereocenters. The van der Waals surface area contributed by atoms with Gasteiger partial charge in [-0.05, 0) is 30.2 Å². The highest BCUT2D eigenvalue weighted by Crippen LogP contribution is 2.35. The minimum absolute atomic E-state index is 0.123. The van der Waals surface area contributed by atoms with Gasteiger partial charge in [0.15, 0.2) is 11.5 Å². The Kier molecular flexibility index (Phi) is 5.57. The van der Waals surface area contributed by atoms with E-state index in [0.717, 1.165) is 5.69 Å². The van der Waals surface area contributed by atoms with Crippen LogP contribution in [0.3, 0.4) is 0 Å². The van der Waals surface area contributed by atoms with Crippen LogP contribution < -0.4 is 19.1 Å². The first kappa shape index (κ1) is 20.5. The Bertz CT molecular complexity index is 1030. The number of hydrogen-bond donors (Lipinski definition) is 1. The molecule has 2 heterocycles. The quantitative estimate of drug-likeness (QED) is 0.784. The number of nitrogens with zero attached hydrogens (tertiary/aromatic N) is 2. The van der Waals surface area contributed by atoms with Crippen molar-refractivity contribution in [3.05, 3.63) is 48.0 Å². The standard InChI is InChI=1S/C21H25N3O5S/c1-28-18-13-15-12-17(22-30(26,27)20(15)14-19(18)29-2)21(25)24-10-8-23(9-11-24)16-6-4-3-5-7-16/h3-7,13-14,17,22H,8-12H2,1-2H3. The maximum Gasteiger partial charge on any atom is 0.241 e. The fraction of sp³-hybridized carbons (Fsp3) is 0.381. The SMILES string of the molecule is COc1cc2c(cc1OC)S(=O)(=O)NC(C(=O)N1CCN(c3ccccc3)CC1)C2. The highest BCUT2D eigenvalue weighted by molar-refractivity contribution is 7.89. The lowest BCUT2D eigenvalue weighted by atomic mass is 10.0. The fourth-order valence-electron chi connectivity index (χ4n) is 4.01. The molecule has 30 heavy (non-hydrogen) atoms. The fourth-order valence-corrected chi connectivity index (χ4v) is 5.44. The van der Waals surface area contributed by atoms with E-state index in [2.05, 4.69) is 9.62 Å². The number of fused-ring (bicyclic) bond motifs is 1. The first-order chi connectivity index (χ1) is 14.4. The molecular formula is C21H25N3O5S. The minimum atomic E-state index is -3.83. The number of amides is 1. The van der Waals surface area contributed by atoms with E-state index in [1.54, 1.807) is 11.0 Å². The molecule has 1 unspecified atom stereocenters. The van der Waals surface area contributed by atoms with Crippen molar-refractivity contribution < 1.29 is 22.7 Å². The lowest BCUT2D eigenvalue weighted by Crippen LogP contribution is -2.56. The number of carbonyl (C=O) groups excluding carboxylic acids is 1. The molecule has 9 heteroatoms. The molecule has 2 aliphatic heterocycles. The van der Waals surface area contributed by atoms with Crippen LogP contribution in [0.25, 0.3) is 0 Å². The molecule has 0 spiro atoms. The molecule has 1 fully saturated rings. The van der Waals surface area contributed by atoms with Crippen LogP contribution in [0, 0.1) is 0 Å². The topological polar surface area (TPSA) is 88.2 Å². The lowest BCUT2D eigenvalue weighted by Gasteiger charge is -2.38. The summed E-state index contributed by atoms with van der Waals surface area (Å²) in [5.41, 5.74) is 1.67. The normalized spacial score (nSPS) is 20.4. The van der Waals surface area contributed by atoms with Gasteiger partial charge >= 0.3 is 0 Å². The van der Waals surface area contributed by atoms with Crippen LogP contribution in [-0.4, -0.2) is 65.7 Å². The molecule has 2 aromatic carbocycles. The van der Waals surface area contributed by atoms with Gasteiger partial charge in [-0.25, -0.2) is 8.42 Å². The Balaban J connectivity index is 1.50. The summed E-state index contributed by atoms with van der Waals surface area (Å²) in [6, 6.07) is 12.3. The van der Waals surface area contributed by atoms with E-state index >= 15 is 0 Å². The maximum atomic E-state index is 13.1. The molecule has 1 amide bonds. The summed E-state index contributed by atoms with van der Waals surface area (Å²) in [5.74, 6) is 0.575. The third kappa shape index (κ3) is 3.82. The van der Waals surface area contributed by atoms with Gasteiger partial charge in [0.25, 0.3) is 0 Å². The van der Waals surface area contributed by atoms with Crippen molar-refractivity contribution in [3.63, 3.8) is 0 Å². The molecule has 160 valence electrons. The third-order valence-corrected chi connectivity index (χ3v) is 7.14. The lowest BCUT2D eigenvalue weighted by molar-refractivity contribution is -0.133. The Morgan fingerprint density at radius 1 is 1.00 bits per heavy atom. The van der Waals surface area contributed by atoms with Crippen LogP contribution in [0.1, 0.15) is 5.56 Å². The van der Waals surface area contributed by atoms with Crippen molar-refractivity contribution in [1.29, 1.82) is 0 Å². The number of piperazine rings is 1. The highest BCUT2D eigenvalue weighted by atomic mass is 32.2. The smallest absolute Gasteiger partial charge is 0.241 e. The average Bonchev–Trinajstić information content (AvgIpc) is 2.78. The van der Waals surface area contributed by atoms with E-state index < -0.39 is 16.1 Å². The van der Waals surface area contributed by atoms with Gasteiger partial charge < -0.3 is 19.3 Å². The number of nitrogens with one attached hydrogen (secondary N) is 1. The van der Waals surface area contributed by atoms with Crippen molar-refractivity contribution in [2.24, 2.45) is 0 Å². The Hall–Kier alpha value is -2.78. The second-order valence-electron chi connectivity index (χ2n) is 7.34. The van der Waals surface area contributed by atoms with Gasteiger partial charge in [0.05, 0.1) is 19.1 Å². The Labute approximate surface area is 176 Å². The van der Waals surface area contributed by atoms with Gasteiger partial charge in [0.1, 0.15) is 6.04 Å². The highest BCUT2D eigenvalue weighted by Gasteiger charge is 2.37. The Morgan fingerprint density at radius 3 is 2.27 bits per heavy atom. The summed E-state index contributed by atoms with van der Waals surface area (Å²) in [5, 5.41) is 0. The van der Waals surface area contributed by atoms with E-state index in [4.69, 9.17) is 9.47 Å². The van der Waals surface area contributed by atoms with Gasteiger partial charge in [-0.3, -0.25) is 4.79 Å². The van der Waals surface area contributed by atoms with Crippen LogP contribution >= 0.6 is 0 Å². The summed E-state index contributed by atoms with van der Waals surface area (Å²) < 4.78 is 38.6. The number of benzene rings is 2. The molecule has 0 bridgehead atoms. The molecule has 8 nitrogen and oxygen atoms in total. The number of ether oxygens (including phenoxy) is 2. The molecular weight excluding hydrogens is 406 g/mol. The number of sulfonamides is 1. The molecule has 1 N–H and O–H groups in total. The molecule has 2 aromatic rings. The Morgan fingerprint density at radius 2 is 1.63 bits per heavy atom. The number of para-hydroxylation sites is 1. The predicted molar refractivity (Wildman–Crippen MR) is 113 cm³/mol. The molecule has 0 radical (unpaired) electrons. The number of hydrogen-bond acceptors (Lipinski definition) is 6. The molecule has 0 saturated carbocycles.